The highest BCUT2D eigenvalue weighted by Crippen LogP contribution is 2.18. The molecular weight excluding hydrogens is 319 g/mol. The van der Waals surface area contributed by atoms with Gasteiger partial charge in [0, 0.05) is 18.7 Å². The Kier molecular flexibility index (Phi) is 5.58. The lowest BCUT2D eigenvalue weighted by atomic mass is 10.1. The number of carbonyl (C=O) groups is 1. The molecule has 5 nitrogen and oxygen atoms in total. The molecule has 0 unspecified atom stereocenters. The van der Waals surface area contributed by atoms with Gasteiger partial charge in [0.15, 0.2) is 0 Å². The highest BCUT2D eigenvalue weighted by atomic mass is 19.1. The summed E-state index contributed by atoms with van der Waals surface area (Å²) >= 11 is 0. The van der Waals surface area contributed by atoms with Crippen LogP contribution in [0.5, 0.6) is 0 Å². The maximum Gasteiger partial charge on any atom is 0.270 e. The van der Waals surface area contributed by atoms with Gasteiger partial charge in [0.25, 0.3) is 5.91 Å². The van der Waals surface area contributed by atoms with Gasteiger partial charge in [0.2, 0.25) is 0 Å². The van der Waals surface area contributed by atoms with Crippen molar-refractivity contribution in [3.8, 4) is 0 Å². The van der Waals surface area contributed by atoms with Gasteiger partial charge in [-0.15, -0.1) is 0 Å². The molecule has 25 heavy (non-hydrogen) atoms. The highest BCUT2D eigenvalue weighted by molar-refractivity contribution is 5.93. The smallest absolute Gasteiger partial charge is 0.270 e. The monoisotopic (exact) mass is 342 g/mol. The number of anilines is 1. The van der Waals surface area contributed by atoms with Crippen molar-refractivity contribution < 1.29 is 9.18 Å². The fourth-order valence-corrected chi connectivity index (χ4v) is 3.13. The molecule has 1 aromatic carbocycles. The Balaban J connectivity index is 1.60. The largest absolute Gasteiger partial charge is 0.370 e. The highest BCUT2D eigenvalue weighted by Gasteiger charge is 2.19. The van der Waals surface area contributed by atoms with Gasteiger partial charge in [-0.05, 0) is 37.8 Å². The van der Waals surface area contributed by atoms with E-state index in [0.717, 1.165) is 25.7 Å². The van der Waals surface area contributed by atoms with E-state index >= 15 is 0 Å². The number of aromatic nitrogens is 2. The second-order valence-corrected chi connectivity index (χ2v) is 6.41. The van der Waals surface area contributed by atoms with Crippen molar-refractivity contribution in [3.05, 3.63) is 53.2 Å². The van der Waals surface area contributed by atoms with Gasteiger partial charge in [-0.2, -0.15) is 0 Å². The summed E-state index contributed by atoms with van der Waals surface area (Å²) in [5.41, 5.74) is 1.02. The minimum atomic E-state index is -0.209. The van der Waals surface area contributed by atoms with Crippen molar-refractivity contribution in [2.24, 2.45) is 0 Å². The fourth-order valence-electron chi connectivity index (χ4n) is 3.13. The number of nitrogens with one attached hydrogen (secondary N) is 2. The predicted molar refractivity (Wildman–Crippen MR) is 95.1 cm³/mol. The molecular formula is C19H23FN4O. The lowest BCUT2D eigenvalue weighted by Crippen LogP contribution is -2.33. The van der Waals surface area contributed by atoms with E-state index in [1.54, 1.807) is 25.1 Å². The van der Waals surface area contributed by atoms with E-state index in [0.29, 0.717) is 35.9 Å². The summed E-state index contributed by atoms with van der Waals surface area (Å²) in [7, 11) is 0. The van der Waals surface area contributed by atoms with Crippen molar-refractivity contribution in [1.29, 1.82) is 0 Å². The van der Waals surface area contributed by atoms with Gasteiger partial charge in [-0.1, -0.05) is 31.0 Å². The molecule has 1 fully saturated rings. The summed E-state index contributed by atoms with van der Waals surface area (Å²) < 4.78 is 13.6. The van der Waals surface area contributed by atoms with Gasteiger partial charge >= 0.3 is 0 Å². The lowest BCUT2D eigenvalue weighted by Gasteiger charge is -2.13. The Bertz CT molecular complexity index is 744. The van der Waals surface area contributed by atoms with E-state index in [4.69, 9.17) is 0 Å². The zero-order valence-corrected chi connectivity index (χ0v) is 14.4. The quantitative estimate of drug-likeness (QED) is 0.846. The summed E-state index contributed by atoms with van der Waals surface area (Å²) in [6, 6.07) is 8.62. The number of aryl methyl sites for hydroxylation is 1. The number of benzene rings is 1. The van der Waals surface area contributed by atoms with Gasteiger partial charge in [-0.25, -0.2) is 14.4 Å². The molecule has 0 aliphatic heterocycles. The van der Waals surface area contributed by atoms with Gasteiger partial charge in [0.1, 0.15) is 23.2 Å². The summed E-state index contributed by atoms with van der Waals surface area (Å²) in [6.07, 6.45) is 4.93. The summed E-state index contributed by atoms with van der Waals surface area (Å²) in [4.78, 5) is 20.9. The summed E-state index contributed by atoms with van der Waals surface area (Å²) in [5, 5.41) is 6.18. The molecule has 3 rings (SSSR count). The third-order valence-corrected chi connectivity index (χ3v) is 4.42. The van der Waals surface area contributed by atoms with Crippen molar-refractivity contribution in [2.75, 3.05) is 11.9 Å². The van der Waals surface area contributed by atoms with Gasteiger partial charge in [0.05, 0.1) is 0 Å². The van der Waals surface area contributed by atoms with E-state index in [2.05, 4.69) is 20.6 Å². The normalized spacial score (nSPS) is 14.5. The van der Waals surface area contributed by atoms with E-state index in [-0.39, 0.29) is 17.8 Å². The fraction of sp³-hybridized carbons (Fsp3) is 0.421. The maximum absolute atomic E-state index is 13.6. The number of carbonyl (C=O) groups excluding carboxylic acids is 1. The van der Waals surface area contributed by atoms with E-state index in [9.17, 15) is 9.18 Å². The topological polar surface area (TPSA) is 66.9 Å². The average Bonchev–Trinajstić information content (AvgIpc) is 3.09. The Morgan fingerprint density at radius 3 is 2.76 bits per heavy atom. The minimum Gasteiger partial charge on any atom is -0.370 e. The van der Waals surface area contributed by atoms with Crippen LogP contribution in [0.1, 0.15) is 47.6 Å². The van der Waals surface area contributed by atoms with Crippen LogP contribution in [0, 0.1) is 12.7 Å². The summed E-state index contributed by atoms with van der Waals surface area (Å²) in [6.45, 7) is 2.29. The second kappa shape index (κ2) is 8.05. The van der Waals surface area contributed by atoms with E-state index in [1.165, 1.54) is 6.07 Å². The van der Waals surface area contributed by atoms with Gasteiger partial charge < -0.3 is 10.6 Å². The molecule has 2 aromatic rings. The molecule has 1 amide bonds. The Morgan fingerprint density at radius 1 is 1.24 bits per heavy atom. The molecule has 1 aromatic heterocycles. The second-order valence-electron chi connectivity index (χ2n) is 6.41. The Labute approximate surface area is 147 Å². The first-order valence-corrected chi connectivity index (χ1v) is 8.75. The Hall–Kier alpha value is -2.50. The van der Waals surface area contributed by atoms with Crippen molar-refractivity contribution in [1.82, 2.24) is 15.3 Å². The SMILES string of the molecule is Cc1nc(NCCc2ccccc2F)cc(C(=O)NC2CCCC2)n1. The van der Waals surface area contributed by atoms with Crippen molar-refractivity contribution in [3.63, 3.8) is 0 Å². The first-order valence-electron chi connectivity index (χ1n) is 8.75. The van der Waals surface area contributed by atoms with Crippen LogP contribution in [0.3, 0.4) is 0 Å². The van der Waals surface area contributed by atoms with Crippen LogP contribution in [0.25, 0.3) is 0 Å². The first kappa shape index (κ1) is 17.3. The standard InChI is InChI=1S/C19H23FN4O/c1-13-22-17(19(25)24-15-7-3-4-8-15)12-18(23-13)21-11-10-14-6-2-5-9-16(14)20/h2,5-6,9,12,15H,3-4,7-8,10-11H2,1H3,(H,24,25)(H,21,22,23). The number of amides is 1. The molecule has 1 saturated carbocycles. The van der Waals surface area contributed by atoms with Crippen LogP contribution >= 0.6 is 0 Å². The van der Waals surface area contributed by atoms with Crippen LogP contribution in [0.4, 0.5) is 10.2 Å². The first-order chi connectivity index (χ1) is 12.1. The lowest BCUT2D eigenvalue weighted by molar-refractivity contribution is 0.0932. The molecule has 0 atom stereocenters. The van der Waals surface area contributed by atoms with E-state index in [1.807, 2.05) is 6.07 Å². The molecule has 0 saturated heterocycles. The maximum atomic E-state index is 13.6. The zero-order chi connectivity index (χ0) is 17.6. The minimum absolute atomic E-state index is 0.158. The average molecular weight is 342 g/mol. The number of hydrogen-bond donors (Lipinski definition) is 2. The molecule has 1 heterocycles. The third-order valence-electron chi connectivity index (χ3n) is 4.42. The number of nitrogens with zero attached hydrogens (tertiary/aromatic N) is 2. The van der Waals surface area contributed by atoms with Gasteiger partial charge in [-0.3, -0.25) is 4.79 Å². The van der Waals surface area contributed by atoms with E-state index < -0.39 is 0 Å². The molecule has 0 spiro atoms. The number of rotatable bonds is 6. The van der Waals surface area contributed by atoms with Crippen LogP contribution < -0.4 is 10.6 Å². The molecule has 1 aliphatic carbocycles. The molecule has 1 aliphatic rings. The molecule has 2 N–H and O–H groups in total. The molecule has 0 bridgehead atoms. The molecule has 132 valence electrons. The number of halogens is 1. The third kappa shape index (κ3) is 4.75. The number of hydrogen-bond acceptors (Lipinski definition) is 4. The predicted octanol–water partition coefficient (Wildman–Crippen LogP) is 3.25. The van der Waals surface area contributed by atoms with Crippen molar-refractivity contribution in [2.45, 2.75) is 45.1 Å². The van der Waals surface area contributed by atoms with Crippen LogP contribution in [0.2, 0.25) is 0 Å². The van der Waals surface area contributed by atoms with Crippen molar-refractivity contribution >= 4 is 11.7 Å². The summed E-state index contributed by atoms with van der Waals surface area (Å²) in [5.74, 6) is 0.752. The van der Waals surface area contributed by atoms with Crippen LogP contribution in [0.15, 0.2) is 30.3 Å². The Morgan fingerprint density at radius 2 is 2.00 bits per heavy atom. The zero-order valence-electron chi connectivity index (χ0n) is 14.4. The molecule has 0 radical (unpaired) electrons. The van der Waals surface area contributed by atoms with Crippen LogP contribution in [-0.4, -0.2) is 28.5 Å². The molecule has 6 heteroatoms. The van der Waals surface area contributed by atoms with Crippen LogP contribution in [-0.2, 0) is 6.42 Å².